The van der Waals surface area contributed by atoms with E-state index < -0.39 is 5.92 Å². The molecule has 118 valence electrons. The molecule has 0 spiro atoms. The first-order chi connectivity index (χ1) is 10.3. The Morgan fingerprint density at radius 3 is 2.59 bits per heavy atom. The molecule has 0 aliphatic carbocycles. The molecule has 0 aromatic heterocycles. The lowest BCUT2D eigenvalue weighted by molar-refractivity contribution is -0.130. The minimum atomic E-state index is -0.505. The molecule has 7 heteroatoms. The summed E-state index contributed by atoms with van der Waals surface area (Å²) in [5, 5.41) is 0.796. The fourth-order valence-electron chi connectivity index (χ4n) is 1.65. The highest BCUT2D eigenvalue weighted by molar-refractivity contribution is 6.42. The maximum atomic E-state index is 12.2. The first kappa shape index (κ1) is 18.1. The zero-order valence-corrected chi connectivity index (χ0v) is 13.8. The van der Waals surface area contributed by atoms with Crippen molar-refractivity contribution >= 4 is 40.7 Å². The van der Waals surface area contributed by atoms with Crippen LogP contribution in [0.2, 0.25) is 10.0 Å². The summed E-state index contributed by atoms with van der Waals surface area (Å²) in [6, 6.07) is 4.87. The van der Waals surface area contributed by atoms with Gasteiger partial charge in [-0.3, -0.25) is 20.4 Å². The monoisotopic (exact) mass is 341 g/mol. The molecule has 0 bridgehead atoms. The molecule has 1 atom stereocenters. The van der Waals surface area contributed by atoms with Crippen molar-refractivity contribution in [3.8, 4) is 12.3 Å². The molecule has 0 radical (unpaired) electrons. The predicted octanol–water partition coefficient (Wildman–Crippen LogP) is 2.55. The summed E-state index contributed by atoms with van der Waals surface area (Å²) in [6.07, 6.45) is 5.51. The molecule has 2 amide bonds. The van der Waals surface area contributed by atoms with Crippen LogP contribution in [-0.4, -0.2) is 30.3 Å². The van der Waals surface area contributed by atoms with Crippen molar-refractivity contribution in [3.63, 3.8) is 0 Å². The summed E-state index contributed by atoms with van der Waals surface area (Å²) in [5.41, 5.74) is 5.88. The van der Waals surface area contributed by atoms with E-state index in [1.165, 1.54) is 11.8 Å². The van der Waals surface area contributed by atoms with Crippen molar-refractivity contribution in [2.45, 2.75) is 13.3 Å². The number of nitrogens with one attached hydrogen (secondary N) is 2. The number of carbonyl (C=O) groups excluding carboxylic acids is 2. The molecular formula is C15H17Cl2N3O2. The molecule has 0 saturated carbocycles. The first-order valence-electron chi connectivity index (χ1n) is 6.51. The first-order valence-corrected chi connectivity index (χ1v) is 7.26. The summed E-state index contributed by atoms with van der Waals surface area (Å²) >= 11 is 11.7. The number of benzene rings is 1. The van der Waals surface area contributed by atoms with Crippen LogP contribution >= 0.6 is 23.2 Å². The van der Waals surface area contributed by atoms with Gasteiger partial charge in [-0.25, -0.2) is 0 Å². The number of anilines is 1. The number of halogens is 2. The van der Waals surface area contributed by atoms with Gasteiger partial charge in [0.25, 0.3) is 0 Å². The van der Waals surface area contributed by atoms with Gasteiger partial charge in [-0.1, -0.05) is 23.2 Å². The molecule has 0 fully saturated rings. The number of hydrogen-bond acceptors (Lipinski definition) is 3. The fraction of sp³-hybridized carbons (Fsp3) is 0.333. The average Bonchev–Trinajstić information content (AvgIpc) is 2.47. The summed E-state index contributed by atoms with van der Waals surface area (Å²) in [6.45, 7) is 1.67. The Kier molecular flexibility index (Phi) is 7.03. The highest BCUT2D eigenvalue weighted by atomic mass is 35.5. The SMILES string of the molecule is C#CCC(CN(C)C(C)=O)C(=O)NNc1ccc(Cl)c(Cl)c1. The topological polar surface area (TPSA) is 61.4 Å². The zero-order valence-electron chi connectivity index (χ0n) is 12.3. The van der Waals surface area contributed by atoms with Crippen LogP contribution in [0.3, 0.4) is 0 Å². The molecular weight excluding hydrogens is 325 g/mol. The van der Waals surface area contributed by atoms with Crippen LogP contribution in [0.25, 0.3) is 0 Å². The number of hydrogen-bond donors (Lipinski definition) is 2. The molecule has 0 aliphatic heterocycles. The van der Waals surface area contributed by atoms with E-state index in [9.17, 15) is 9.59 Å². The van der Waals surface area contributed by atoms with Crippen LogP contribution in [0.4, 0.5) is 5.69 Å². The predicted molar refractivity (Wildman–Crippen MR) is 88.5 cm³/mol. The lowest BCUT2D eigenvalue weighted by atomic mass is 10.0. The zero-order chi connectivity index (χ0) is 16.7. The molecule has 22 heavy (non-hydrogen) atoms. The molecule has 0 saturated heterocycles. The quantitative estimate of drug-likeness (QED) is 0.617. The van der Waals surface area contributed by atoms with Gasteiger partial charge < -0.3 is 4.90 Å². The standard InChI is InChI=1S/C15H17Cl2N3O2/c1-4-5-11(9-20(3)10(2)21)15(22)19-18-12-6-7-13(16)14(17)8-12/h1,6-8,11,18H,5,9H2,2-3H3,(H,19,22). The number of carbonyl (C=O) groups is 2. The molecule has 0 aliphatic rings. The van der Waals surface area contributed by atoms with Crippen LogP contribution in [0, 0.1) is 18.3 Å². The van der Waals surface area contributed by atoms with E-state index in [0.717, 1.165) is 0 Å². The number of terminal acetylenes is 1. The van der Waals surface area contributed by atoms with Gasteiger partial charge in [-0.05, 0) is 18.2 Å². The second kappa shape index (κ2) is 8.52. The molecule has 1 aromatic carbocycles. The van der Waals surface area contributed by atoms with Crippen LogP contribution in [0.5, 0.6) is 0 Å². The van der Waals surface area contributed by atoms with Gasteiger partial charge >= 0.3 is 0 Å². The number of hydrazine groups is 1. The molecule has 1 rings (SSSR count). The summed E-state index contributed by atoms with van der Waals surface area (Å²) in [7, 11) is 1.62. The van der Waals surface area contributed by atoms with E-state index in [4.69, 9.17) is 29.6 Å². The van der Waals surface area contributed by atoms with Crippen molar-refractivity contribution in [1.82, 2.24) is 10.3 Å². The smallest absolute Gasteiger partial charge is 0.244 e. The third kappa shape index (κ3) is 5.47. The minimum absolute atomic E-state index is 0.132. The van der Waals surface area contributed by atoms with Crippen molar-refractivity contribution in [1.29, 1.82) is 0 Å². The Labute approximate surface area is 139 Å². The normalized spacial score (nSPS) is 11.2. The van der Waals surface area contributed by atoms with Gasteiger partial charge in [-0.2, -0.15) is 0 Å². The molecule has 1 unspecified atom stereocenters. The van der Waals surface area contributed by atoms with Gasteiger partial charge in [-0.15, -0.1) is 12.3 Å². The molecule has 0 heterocycles. The number of nitrogens with zero attached hydrogens (tertiary/aromatic N) is 1. The van der Waals surface area contributed by atoms with Crippen molar-refractivity contribution in [2.24, 2.45) is 5.92 Å². The van der Waals surface area contributed by atoms with Crippen LogP contribution in [0.15, 0.2) is 18.2 Å². The number of amides is 2. The van der Waals surface area contributed by atoms with Crippen LogP contribution in [0.1, 0.15) is 13.3 Å². The Bertz CT molecular complexity index is 599. The summed E-state index contributed by atoms with van der Waals surface area (Å²) < 4.78 is 0. The lowest BCUT2D eigenvalue weighted by Crippen LogP contribution is -2.41. The van der Waals surface area contributed by atoms with Crippen molar-refractivity contribution in [2.75, 3.05) is 19.0 Å². The van der Waals surface area contributed by atoms with Crippen LogP contribution < -0.4 is 10.9 Å². The van der Waals surface area contributed by atoms with Gasteiger partial charge in [0.15, 0.2) is 0 Å². The Morgan fingerprint density at radius 1 is 1.36 bits per heavy atom. The molecule has 1 aromatic rings. The second-order valence-corrected chi connectivity index (χ2v) is 5.56. The lowest BCUT2D eigenvalue weighted by Gasteiger charge is -2.21. The Morgan fingerprint density at radius 2 is 2.05 bits per heavy atom. The Balaban J connectivity index is 2.65. The Hall–Kier alpha value is -1.90. The summed E-state index contributed by atoms with van der Waals surface area (Å²) in [4.78, 5) is 24.9. The van der Waals surface area contributed by atoms with Crippen LogP contribution in [-0.2, 0) is 9.59 Å². The van der Waals surface area contributed by atoms with E-state index >= 15 is 0 Å². The van der Waals surface area contributed by atoms with E-state index in [2.05, 4.69) is 16.8 Å². The third-order valence-corrected chi connectivity index (χ3v) is 3.76. The second-order valence-electron chi connectivity index (χ2n) is 4.75. The largest absolute Gasteiger partial charge is 0.345 e. The number of rotatable bonds is 6. The van der Waals surface area contributed by atoms with Gasteiger partial charge in [0, 0.05) is 26.9 Å². The average molecular weight is 342 g/mol. The molecule has 5 nitrogen and oxygen atoms in total. The van der Waals surface area contributed by atoms with Crippen molar-refractivity contribution in [3.05, 3.63) is 28.2 Å². The van der Waals surface area contributed by atoms with Gasteiger partial charge in [0.1, 0.15) is 0 Å². The van der Waals surface area contributed by atoms with Crippen molar-refractivity contribution < 1.29 is 9.59 Å². The van der Waals surface area contributed by atoms with E-state index in [0.29, 0.717) is 15.7 Å². The molecule has 2 N–H and O–H groups in total. The van der Waals surface area contributed by atoms with E-state index in [1.807, 2.05) is 0 Å². The van der Waals surface area contributed by atoms with E-state index in [1.54, 1.807) is 25.2 Å². The third-order valence-electron chi connectivity index (χ3n) is 3.02. The maximum Gasteiger partial charge on any atom is 0.244 e. The van der Waals surface area contributed by atoms with Gasteiger partial charge in [0.05, 0.1) is 21.7 Å². The van der Waals surface area contributed by atoms with Gasteiger partial charge in [0.2, 0.25) is 11.8 Å². The van der Waals surface area contributed by atoms with E-state index in [-0.39, 0.29) is 24.8 Å². The fourth-order valence-corrected chi connectivity index (χ4v) is 1.95. The minimum Gasteiger partial charge on any atom is -0.345 e. The summed E-state index contributed by atoms with van der Waals surface area (Å²) in [5.74, 6) is 1.50. The highest BCUT2D eigenvalue weighted by Gasteiger charge is 2.20. The highest BCUT2D eigenvalue weighted by Crippen LogP contribution is 2.24. The maximum absolute atomic E-state index is 12.2.